The van der Waals surface area contributed by atoms with Gasteiger partial charge < -0.3 is 0 Å². The van der Waals surface area contributed by atoms with E-state index in [1.54, 1.807) is 6.07 Å². The fourth-order valence-corrected chi connectivity index (χ4v) is 1.37. The Morgan fingerprint density at radius 1 is 1.50 bits per heavy atom. The van der Waals surface area contributed by atoms with Crippen molar-refractivity contribution in [3.63, 3.8) is 0 Å². The summed E-state index contributed by atoms with van der Waals surface area (Å²) in [5.74, 6) is -0.601. The zero-order valence-corrected chi connectivity index (χ0v) is 8.33. The molecule has 0 fully saturated rings. The molecule has 0 bridgehead atoms. The molecule has 3 nitrogen and oxygen atoms in total. The van der Waals surface area contributed by atoms with Gasteiger partial charge in [0.1, 0.15) is 0 Å². The van der Waals surface area contributed by atoms with E-state index >= 15 is 0 Å². The first-order valence-corrected chi connectivity index (χ1v) is 4.33. The van der Waals surface area contributed by atoms with Crippen LogP contribution in [0.1, 0.15) is 45.2 Å². The number of benzene rings is 1. The fourth-order valence-electron chi connectivity index (χ4n) is 1.37. The molecule has 0 radical (unpaired) electrons. The van der Waals surface area contributed by atoms with Crippen molar-refractivity contribution in [1.82, 2.24) is 0 Å². The van der Waals surface area contributed by atoms with E-state index in [9.17, 15) is 18.4 Å². The molecule has 0 saturated heterocycles. The molecule has 0 atom stereocenters. The molecule has 1 aromatic carbocycles. The molecule has 16 heavy (non-hydrogen) atoms. The Hall–Kier alpha value is -2.09. The van der Waals surface area contributed by atoms with Gasteiger partial charge in [-0.05, 0) is 19.1 Å². The standard InChI is InChI=1S/C11H7F2NO2/c1-6(16)9-3-7(4-14)2-8(5-15)10(9)11(12)13/h2-3,5,11H,1H3. The van der Waals surface area contributed by atoms with Crippen molar-refractivity contribution in [3.8, 4) is 6.07 Å². The molecule has 0 aromatic heterocycles. The van der Waals surface area contributed by atoms with E-state index in [0.717, 1.165) is 19.1 Å². The van der Waals surface area contributed by atoms with E-state index in [-0.39, 0.29) is 23.0 Å². The third kappa shape index (κ3) is 2.11. The van der Waals surface area contributed by atoms with Gasteiger partial charge in [-0.2, -0.15) is 5.26 Å². The van der Waals surface area contributed by atoms with Gasteiger partial charge in [0, 0.05) is 16.7 Å². The Labute approximate surface area is 90.3 Å². The second-order valence-electron chi connectivity index (χ2n) is 3.11. The van der Waals surface area contributed by atoms with E-state index in [2.05, 4.69) is 0 Å². The molecule has 0 amide bonds. The Kier molecular flexibility index (Phi) is 3.46. The molecule has 1 aromatic rings. The molecule has 0 aliphatic carbocycles. The van der Waals surface area contributed by atoms with Gasteiger partial charge in [0.2, 0.25) is 0 Å². The molecular formula is C11H7F2NO2. The molecule has 0 saturated carbocycles. The van der Waals surface area contributed by atoms with E-state index in [0.29, 0.717) is 0 Å². The summed E-state index contributed by atoms with van der Waals surface area (Å²) >= 11 is 0. The molecule has 0 unspecified atom stereocenters. The summed E-state index contributed by atoms with van der Waals surface area (Å²) in [6, 6.07) is 3.82. The number of aldehydes is 1. The van der Waals surface area contributed by atoms with Gasteiger partial charge >= 0.3 is 0 Å². The van der Waals surface area contributed by atoms with Crippen LogP contribution in [0.25, 0.3) is 0 Å². The Balaban J connectivity index is 3.61. The number of alkyl halides is 2. The summed E-state index contributed by atoms with van der Waals surface area (Å²) in [6.07, 6.45) is -2.71. The number of hydrogen-bond acceptors (Lipinski definition) is 3. The number of carbonyl (C=O) groups excluding carboxylic acids is 2. The van der Waals surface area contributed by atoms with Crippen LogP contribution in [0.4, 0.5) is 8.78 Å². The zero-order chi connectivity index (χ0) is 12.3. The van der Waals surface area contributed by atoms with Crippen LogP contribution in [-0.2, 0) is 0 Å². The van der Waals surface area contributed by atoms with Crippen molar-refractivity contribution >= 4 is 12.1 Å². The average Bonchev–Trinajstić information content (AvgIpc) is 2.26. The lowest BCUT2D eigenvalue weighted by molar-refractivity contribution is 0.0997. The summed E-state index contributed by atoms with van der Waals surface area (Å²) in [6.45, 7) is 1.11. The summed E-state index contributed by atoms with van der Waals surface area (Å²) in [5.41, 5.74) is -1.20. The molecule has 0 N–H and O–H groups in total. The summed E-state index contributed by atoms with van der Waals surface area (Å²) in [4.78, 5) is 21.8. The van der Waals surface area contributed by atoms with Gasteiger partial charge in [-0.3, -0.25) is 9.59 Å². The first-order valence-electron chi connectivity index (χ1n) is 4.33. The van der Waals surface area contributed by atoms with Crippen LogP contribution >= 0.6 is 0 Å². The van der Waals surface area contributed by atoms with Gasteiger partial charge in [-0.15, -0.1) is 0 Å². The van der Waals surface area contributed by atoms with E-state index in [4.69, 9.17) is 5.26 Å². The van der Waals surface area contributed by atoms with Crippen molar-refractivity contribution in [2.45, 2.75) is 13.3 Å². The van der Waals surface area contributed by atoms with Crippen LogP contribution in [0.2, 0.25) is 0 Å². The monoisotopic (exact) mass is 223 g/mol. The quantitative estimate of drug-likeness (QED) is 0.584. The highest BCUT2D eigenvalue weighted by molar-refractivity contribution is 5.98. The van der Waals surface area contributed by atoms with Gasteiger partial charge in [0.25, 0.3) is 6.43 Å². The fraction of sp³-hybridized carbons (Fsp3) is 0.182. The lowest BCUT2D eigenvalue weighted by Gasteiger charge is -2.09. The highest BCUT2D eigenvalue weighted by Crippen LogP contribution is 2.27. The van der Waals surface area contributed by atoms with Crippen LogP contribution in [0, 0.1) is 11.3 Å². The second-order valence-corrected chi connectivity index (χ2v) is 3.11. The molecule has 82 valence electrons. The van der Waals surface area contributed by atoms with Gasteiger partial charge in [-0.1, -0.05) is 0 Å². The second kappa shape index (κ2) is 4.62. The van der Waals surface area contributed by atoms with E-state index in [1.165, 1.54) is 0 Å². The third-order valence-corrected chi connectivity index (χ3v) is 2.07. The first kappa shape index (κ1) is 12.0. The summed E-state index contributed by atoms with van der Waals surface area (Å²) in [5, 5.41) is 8.63. The molecular weight excluding hydrogens is 216 g/mol. The van der Waals surface area contributed by atoms with E-state index in [1.807, 2.05) is 0 Å². The lowest BCUT2D eigenvalue weighted by atomic mass is 9.96. The minimum Gasteiger partial charge on any atom is -0.298 e. The van der Waals surface area contributed by atoms with Crippen LogP contribution < -0.4 is 0 Å². The van der Waals surface area contributed by atoms with Crippen molar-refractivity contribution < 1.29 is 18.4 Å². The average molecular weight is 223 g/mol. The van der Waals surface area contributed by atoms with Gasteiger partial charge in [-0.25, -0.2) is 8.78 Å². The Morgan fingerprint density at radius 3 is 2.50 bits per heavy atom. The van der Waals surface area contributed by atoms with Crippen LogP contribution in [0.3, 0.4) is 0 Å². The molecule has 0 aliphatic heterocycles. The largest absolute Gasteiger partial charge is 0.298 e. The summed E-state index contributed by atoms with van der Waals surface area (Å²) < 4.78 is 25.4. The third-order valence-electron chi connectivity index (χ3n) is 2.07. The molecule has 0 spiro atoms. The maximum Gasteiger partial charge on any atom is 0.265 e. The maximum atomic E-state index is 12.7. The SMILES string of the molecule is CC(=O)c1cc(C#N)cc(C=O)c1C(F)F. The highest BCUT2D eigenvalue weighted by Gasteiger charge is 2.21. The predicted octanol–water partition coefficient (Wildman–Crippen LogP) is 2.51. The molecule has 1 rings (SSSR count). The first-order chi connectivity index (χ1) is 7.51. The highest BCUT2D eigenvalue weighted by atomic mass is 19.3. The number of carbonyl (C=O) groups is 2. The maximum absolute atomic E-state index is 12.7. The molecule has 0 aliphatic rings. The number of rotatable bonds is 3. The molecule has 0 heterocycles. The van der Waals surface area contributed by atoms with Crippen LogP contribution in [0.5, 0.6) is 0 Å². The van der Waals surface area contributed by atoms with Crippen LogP contribution in [0.15, 0.2) is 12.1 Å². The lowest BCUT2D eigenvalue weighted by Crippen LogP contribution is -2.05. The van der Waals surface area contributed by atoms with Gasteiger partial charge in [0.05, 0.1) is 11.6 Å². The molecule has 5 heteroatoms. The van der Waals surface area contributed by atoms with Crippen molar-refractivity contribution in [1.29, 1.82) is 5.26 Å². The number of halogens is 2. The normalized spacial score (nSPS) is 9.94. The van der Waals surface area contributed by atoms with Crippen molar-refractivity contribution in [3.05, 3.63) is 34.4 Å². The number of nitriles is 1. The number of ketones is 1. The minimum absolute atomic E-state index is 0.0108. The topological polar surface area (TPSA) is 57.9 Å². The Bertz CT molecular complexity index is 489. The predicted molar refractivity (Wildman–Crippen MR) is 51.5 cm³/mol. The van der Waals surface area contributed by atoms with Gasteiger partial charge in [0.15, 0.2) is 12.1 Å². The summed E-state index contributed by atoms with van der Waals surface area (Å²) in [7, 11) is 0. The van der Waals surface area contributed by atoms with E-state index < -0.39 is 17.8 Å². The number of nitrogens with zero attached hydrogens (tertiary/aromatic N) is 1. The minimum atomic E-state index is -2.92. The number of Topliss-reactive ketones (excluding diaryl/α,β-unsaturated/α-hetero) is 1. The van der Waals surface area contributed by atoms with Crippen molar-refractivity contribution in [2.24, 2.45) is 0 Å². The van der Waals surface area contributed by atoms with Crippen molar-refractivity contribution in [2.75, 3.05) is 0 Å². The van der Waals surface area contributed by atoms with Crippen LogP contribution in [-0.4, -0.2) is 12.1 Å². The number of hydrogen-bond donors (Lipinski definition) is 0. The Morgan fingerprint density at radius 2 is 2.12 bits per heavy atom. The smallest absolute Gasteiger partial charge is 0.265 e. The zero-order valence-electron chi connectivity index (χ0n) is 8.33.